The highest BCUT2D eigenvalue weighted by molar-refractivity contribution is 5.98. The number of amides is 1. The Bertz CT molecular complexity index is 699. The molecular weight excluding hydrogens is 318 g/mol. The van der Waals surface area contributed by atoms with Crippen LogP contribution in [0, 0.1) is 24.7 Å². The lowest BCUT2D eigenvalue weighted by atomic mass is 9.49. The fourth-order valence-electron chi connectivity index (χ4n) is 6.24. The Labute approximate surface area is 147 Å². The van der Waals surface area contributed by atoms with E-state index in [2.05, 4.69) is 5.32 Å². The minimum Gasteiger partial charge on any atom is -0.465 e. The smallest absolute Gasteiger partial charge is 0.328 e. The van der Waals surface area contributed by atoms with E-state index < -0.39 is 6.04 Å². The molecule has 25 heavy (non-hydrogen) atoms. The maximum atomic E-state index is 12.6. The van der Waals surface area contributed by atoms with Crippen LogP contribution in [-0.4, -0.2) is 24.5 Å². The van der Waals surface area contributed by atoms with Gasteiger partial charge in [0.1, 0.15) is 17.6 Å². The highest BCUT2D eigenvalue weighted by Gasteiger charge is 2.53. The molecule has 1 N–H and O–H groups in total. The lowest BCUT2D eigenvalue weighted by Gasteiger charge is -2.55. The van der Waals surface area contributed by atoms with Crippen molar-refractivity contribution < 1.29 is 18.7 Å². The van der Waals surface area contributed by atoms with Crippen molar-refractivity contribution >= 4 is 11.9 Å². The van der Waals surface area contributed by atoms with Crippen molar-refractivity contribution in [1.82, 2.24) is 5.32 Å². The zero-order valence-electron chi connectivity index (χ0n) is 14.7. The van der Waals surface area contributed by atoms with Gasteiger partial charge in [0.05, 0.1) is 12.2 Å². The normalized spacial score (nSPS) is 38.8. The quantitative estimate of drug-likeness (QED) is 0.856. The average Bonchev–Trinajstić information content (AvgIpc) is 3.13. The first-order chi connectivity index (χ1) is 12.0. The number of cyclic esters (lactones) is 1. The first-order valence-corrected chi connectivity index (χ1v) is 9.61. The summed E-state index contributed by atoms with van der Waals surface area (Å²) in [6.07, 6.45) is 8.33. The van der Waals surface area contributed by atoms with E-state index in [1.54, 1.807) is 0 Å². The van der Waals surface area contributed by atoms with Gasteiger partial charge < -0.3 is 14.5 Å². The van der Waals surface area contributed by atoms with Gasteiger partial charge in [0.25, 0.3) is 5.91 Å². The van der Waals surface area contributed by atoms with E-state index in [0.717, 1.165) is 23.5 Å². The maximum absolute atomic E-state index is 12.6. The Hall–Kier alpha value is -1.78. The van der Waals surface area contributed by atoms with E-state index in [9.17, 15) is 9.59 Å². The molecule has 4 bridgehead atoms. The van der Waals surface area contributed by atoms with E-state index in [4.69, 9.17) is 9.15 Å². The number of esters is 1. The standard InChI is InChI=1S/C20H25NO4/c1-11-15(18(22)21-16-2-3-24-19(16)23)7-17(25-11)20-8-12-4-13(9-20)6-14(5-12)10-20/h7,12-14,16H,2-6,8-10H2,1H3,(H,21,22)/t12?,13?,14?,16-,20?/m1/s1. The zero-order chi connectivity index (χ0) is 17.2. The molecule has 1 aliphatic heterocycles. The molecule has 1 aromatic heterocycles. The van der Waals surface area contributed by atoms with E-state index in [1.165, 1.54) is 38.5 Å². The van der Waals surface area contributed by atoms with Crippen LogP contribution in [0.3, 0.4) is 0 Å². The summed E-state index contributed by atoms with van der Waals surface area (Å²) >= 11 is 0. The largest absolute Gasteiger partial charge is 0.465 e. The molecule has 1 aromatic rings. The molecule has 0 spiro atoms. The molecule has 5 nitrogen and oxygen atoms in total. The number of hydrogen-bond donors (Lipinski definition) is 1. The molecule has 5 aliphatic rings. The first-order valence-electron chi connectivity index (χ1n) is 9.61. The molecular formula is C20H25NO4. The van der Waals surface area contributed by atoms with Crippen LogP contribution in [0.25, 0.3) is 0 Å². The Morgan fingerprint density at radius 2 is 1.80 bits per heavy atom. The average molecular weight is 343 g/mol. The van der Waals surface area contributed by atoms with Crippen LogP contribution in [0.5, 0.6) is 0 Å². The molecule has 6 rings (SSSR count). The molecule has 2 heterocycles. The van der Waals surface area contributed by atoms with Crippen LogP contribution in [0.15, 0.2) is 10.5 Å². The van der Waals surface area contributed by atoms with E-state index in [0.29, 0.717) is 24.4 Å². The molecule has 0 radical (unpaired) electrons. The highest BCUT2D eigenvalue weighted by atomic mass is 16.5. The molecule has 4 aliphatic carbocycles. The Kier molecular flexibility index (Phi) is 3.32. The van der Waals surface area contributed by atoms with Crippen molar-refractivity contribution in [2.45, 2.75) is 63.3 Å². The van der Waals surface area contributed by atoms with Gasteiger partial charge in [0, 0.05) is 11.8 Å². The Morgan fingerprint density at radius 1 is 1.16 bits per heavy atom. The van der Waals surface area contributed by atoms with Gasteiger partial charge in [-0.25, -0.2) is 4.79 Å². The number of aryl methyl sites for hydroxylation is 1. The predicted molar refractivity (Wildman–Crippen MR) is 90.1 cm³/mol. The summed E-state index contributed by atoms with van der Waals surface area (Å²) in [5, 5.41) is 2.80. The summed E-state index contributed by atoms with van der Waals surface area (Å²) in [6, 6.07) is 1.43. The number of furan rings is 1. The van der Waals surface area contributed by atoms with Gasteiger partial charge in [-0.15, -0.1) is 0 Å². The van der Waals surface area contributed by atoms with Gasteiger partial charge in [-0.1, -0.05) is 0 Å². The minimum atomic E-state index is -0.523. The van der Waals surface area contributed by atoms with E-state index in [-0.39, 0.29) is 17.3 Å². The van der Waals surface area contributed by atoms with Gasteiger partial charge in [-0.05, 0) is 69.3 Å². The van der Waals surface area contributed by atoms with Crippen molar-refractivity contribution in [1.29, 1.82) is 0 Å². The van der Waals surface area contributed by atoms with Crippen LogP contribution in [0.2, 0.25) is 0 Å². The highest BCUT2D eigenvalue weighted by Crippen LogP contribution is 2.61. The summed E-state index contributed by atoms with van der Waals surface area (Å²) in [5.74, 6) is 3.61. The van der Waals surface area contributed by atoms with Crippen molar-refractivity contribution in [2.75, 3.05) is 6.61 Å². The lowest BCUT2D eigenvalue weighted by Crippen LogP contribution is -2.48. The molecule has 134 valence electrons. The summed E-state index contributed by atoms with van der Waals surface area (Å²) in [7, 11) is 0. The molecule has 0 unspecified atom stereocenters. The van der Waals surface area contributed by atoms with E-state index >= 15 is 0 Å². The molecule has 5 fully saturated rings. The molecule has 1 atom stereocenters. The number of carbonyl (C=O) groups excluding carboxylic acids is 2. The van der Waals surface area contributed by atoms with Gasteiger partial charge in [0.2, 0.25) is 0 Å². The number of rotatable bonds is 3. The van der Waals surface area contributed by atoms with Gasteiger partial charge in [-0.2, -0.15) is 0 Å². The summed E-state index contributed by atoms with van der Waals surface area (Å²) in [6.45, 7) is 2.23. The maximum Gasteiger partial charge on any atom is 0.328 e. The summed E-state index contributed by atoms with van der Waals surface area (Å²) < 4.78 is 11.1. The second-order valence-corrected chi connectivity index (χ2v) is 8.76. The van der Waals surface area contributed by atoms with Gasteiger partial charge >= 0.3 is 5.97 Å². The van der Waals surface area contributed by atoms with E-state index in [1.807, 2.05) is 13.0 Å². The zero-order valence-corrected chi connectivity index (χ0v) is 14.7. The molecule has 1 saturated heterocycles. The molecule has 5 heteroatoms. The van der Waals surface area contributed by atoms with Gasteiger partial charge in [0.15, 0.2) is 0 Å². The van der Waals surface area contributed by atoms with Crippen LogP contribution in [-0.2, 0) is 14.9 Å². The predicted octanol–water partition coefficient (Wildman–Crippen LogP) is 3.10. The first kappa shape index (κ1) is 15.5. The van der Waals surface area contributed by atoms with Crippen molar-refractivity contribution in [3.8, 4) is 0 Å². The number of ether oxygens (including phenoxy) is 1. The monoisotopic (exact) mass is 343 g/mol. The summed E-state index contributed by atoms with van der Waals surface area (Å²) in [4.78, 5) is 24.2. The third kappa shape index (κ3) is 2.42. The second kappa shape index (κ2) is 5.36. The van der Waals surface area contributed by atoms with Crippen LogP contribution in [0.1, 0.15) is 66.8 Å². The number of carbonyl (C=O) groups is 2. The molecule has 1 amide bonds. The van der Waals surface area contributed by atoms with Gasteiger partial charge in [-0.3, -0.25) is 4.79 Å². The fourth-order valence-corrected chi connectivity index (χ4v) is 6.24. The SMILES string of the molecule is Cc1oc(C23CC4CC(CC(C4)C2)C3)cc1C(=O)N[C@@H]1CCOC1=O. The third-order valence-electron chi connectivity index (χ3n) is 6.96. The van der Waals surface area contributed by atoms with Crippen molar-refractivity contribution in [2.24, 2.45) is 17.8 Å². The number of hydrogen-bond acceptors (Lipinski definition) is 4. The summed E-state index contributed by atoms with van der Waals surface area (Å²) in [5.41, 5.74) is 0.718. The van der Waals surface area contributed by atoms with Crippen molar-refractivity contribution in [3.63, 3.8) is 0 Å². The van der Waals surface area contributed by atoms with Crippen LogP contribution in [0.4, 0.5) is 0 Å². The fraction of sp³-hybridized carbons (Fsp3) is 0.700. The minimum absolute atomic E-state index is 0.143. The second-order valence-electron chi connectivity index (χ2n) is 8.76. The van der Waals surface area contributed by atoms with Crippen molar-refractivity contribution in [3.05, 3.63) is 23.2 Å². The van der Waals surface area contributed by atoms with Crippen LogP contribution < -0.4 is 5.32 Å². The lowest BCUT2D eigenvalue weighted by molar-refractivity contribution is -0.139. The van der Waals surface area contributed by atoms with Crippen LogP contribution >= 0.6 is 0 Å². The third-order valence-corrected chi connectivity index (χ3v) is 6.96. The Morgan fingerprint density at radius 3 is 2.36 bits per heavy atom. The number of nitrogens with one attached hydrogen (secondary N) is 1. The molecule has 4 saturated carbocycles. The topological polar surface area (TPSA) is 68.5 Å². The molecule has 0 aromatic carbocycles. The Balaban J connectivity index is 1.40.